The van der Waals surface area contributed by atoms with Crippen LogP contribution in [0.3, 0.4) is 0 Å². The molecular formula is C11H12W. The third-order valence-corrected chi connectivity index (χ3v) is 2.39. The Hall–Kier alpha value is -0.0917. The number of hydrogen-bond donors (Lipinski definition) is 0. The van der Waals surface area contributed by atoms with Crippen molar-refractivity contribution >= 4 is 0 Å². The molecule has 0 saturated carbocycles. The van der Waals surface area contributed by atoms with Gasteiger partial charge < -0.3 is 6.92 Å². The van der Waals surface area contributed by atoms with Crippen molar-refractivity contribution in [2.24, 2.45) is 0 Å². The van der Waals surface area contributed by atoms with Crippen molar-refractivity contribution in [1.29, 1.82) is 0 Å². The summed E-state index contributed by atoms with van der Waals surface area (Å²) in [5, 5.41) is 0. The van der Waals surface area contributed by atoms with Crippen LogP contribution in [0.5, 0.6) is 0 Å². The van der Waals surface area contributed by atoms with E-state index < -0.39 is 0 Å². The van der Waals surface area contributed by atoms with Gasteiger partial charge in [-0.1, -0.05) is 19.3 Å². The minimum Gasteiger partial charge on any atom is -0.338 e. The number of aryl methyl sites for hydroxylation is 1. The first-order valence-electron chi connectivity index (χ1n) is 4.20. The van der Waals surface area contributed by atoms with Gasteiger partial charge in [-0.15, -0.1) is 0 Å². The second-order valence-electron chi connectivity index (χ2n) is 3.20. The normalized spacial score (nSPS) is 20.9. The van der Waals surface area contributed by atoms with Crippen LogP contribution in [-0.4, -0.2) is 0 Å². The Morgan fingerprint density at radius 3 is 3.08 bits per heavy atom. The van der Waals surface area contributed by atoms with Crippen molar-refractivity contribution in [1.82, 2.24) is 0 Å². The molecule has 1 heteroatoms. The van der Waals surface area contributed by atoms with E-state index in [1.54, 1.807) is 0 Å². The van der Waals surface area contributed by atoms with E-state index in [9.17, 15) is 0 Å². The molecule has 0 N–H and O–H groups in total. The standard InChI is InChI=1S/C11H12.W/c1-9-5-4-7-10-6-2-3-8-11(9)10;/h2-3,6,9H,1,4-5,7H2;/q-2;+2. The smallest absolute Gasteiger partial charge is 0.338 e. The van der Waals surface area contributed by atoms with Gasteiger partial charge in [0.25, 0.3) is 0 Å². The predicted octanol–water partition coefficient (Wildman–Crippen LogP) is 2.74. The molecule has 62 valence electrons. The number of benzene rings is 1. The van der Waals surface area contributed by atoms with Crippen LogP contribution >= 0.6 is 0 Å². The Morgan fingerprint density at radius 1 is 1.50 bits per heavy atom. The van der Waals surface area contributed by atoms with Crippen LogP contribution in [-0.2, 0) is 27.5 Å². The third kappa shape index (κ3) is 1.80. The molecule has 1 aromatic rings. The molecule has 0 saturated heterocycles. The molecule has 1 aliphatic rings. The molecule has 1 aliphatic carbocycles. The Morgan fingerprint density at radius 2 is 2.33 bits per heavy atom. The molecular weight excluding hydrogens is 316 g/mol. The Bertz CT molecular complexity index is 255. The molecule has 0 heterocycles. The SMILES string of the molecule is [CH2-]C1CCCc2ccc[c-]c21.[W+2]. The summed E-state index contributed by atoms with van der Waals surface area (Å²) in [4.78, 5) is 0. The van der Waals surface area contributed by atoms with Gasteiger partial charge in [0.05, 0.1) is 0 Å². The van der Waals surface area contributed by atoms with Crippen LogP contribution in [0, 0.1) is 13.0 Å². The van der Waals surface area contributed by atoms with Crippen molar-refractivity contribution in [3.63, 3.8) is 0 Å². The average molecular weight is 328 g/mol. The van der Waals surface area contributed by atoms with Gasteiger partial charge in [0, 0.05) is 0 Å². The summed E-state index contributed by atoms with van der Waals surface area (Å²) in [5.41, 5.74) is 2.80. The Balaban J connectivity index is 0.000000720. The zero-order valence-corrected chi connectivity index (χ0v) is 9.98. The summed E-state index contributed by atoms with van der Waals surface area (Å²) in [5.74, 6) is 0.486. The van der Waals surface area contributed by atoms with Crippen LogP contribution in [0.1, 0.15) is 29.9 Å². The van der Waals surface area contributed by atoms with Gasteiger partial charge in [0.2, 0.25) is 0 Å². The second-order valence-corrected chi connectivity index (χ2v) is 3.20. The summed E-state index contributed by atoms with van der Waals surface area (Å²) in [7, 11) is 0. The van der Waals surface area contributed by atoms with Crippen molar-refractivity contribution in [3.05, 3.63) is 42.3 Å². The van der Waals surface area contributed by atoms with Crippen LogP contribution in [0.2, 0.25) is 0 Å². The predicted molar refractivity (Wildman–Crippen MR) is 46.3 cm³/mol. The summed E-state index contributed by atoms with van der Waals surface area (Å²) < 4.78 is 0. The fourth-order valence-electron chi connectivity index (χ4n) is 1.77. The van der Waals surface area contributed by atoms with Gasteiger partial charge in [-0.05, 0) is 0 Å². The summed E-state index contributed by atoms with van der Waals surface area (Å²) in [6.07, 6.45) is 3.74. The molecule has 1 aromatic carbocycles. The molecule has 1 unspecified atom stereocenters. The van der Waals surface area contributed by atoms with E-state index in [1.165, 1.54) is 30.4 Å². The van der Waals surface area contributed by atoms with E-state index in [0.717, 1.165) is 0 Å². The first kappa shape index (κ1) is 9.99. The van der Waals surface area contributed by atoms with E-state index in [2.05, 4.69) is 25.1 Å². The van der Waals surface area contributed by atoms with Gasteiger partial charge in [-0.25, -0.2) is 0 Å². The first-order valence-corrected chi connectivity index (χ1v) is 4.20. The number of hydrogen-bond acceptors (Lipinski definition) is 0. The number of rotatable bonds is 0. The van der Waals surface area contributed by atoms with Gasteiger partial charge in [-0.2, -0.15) is 41.3 Å². The topological polar surface area (TPSA) is 0 Å². The minimum atomic E-state index is 0. The van der Waals surface area contributed by atoms with E-state index in [-0.39, 0.29) is 21.1 Å². The fourth-order valence-corrected chi connectivity index (χ4v) is 1.77. The van der Waals surface area contributed by atoms with E-state index in [0.29, 0.717) is 5.92 Å². The molecule has 0 aromatic heterocycles. The maximum atomic E-state index is 4.11. The Labute approximate surface area is 88.6 Å². The fraction of sp³-hybridized carbons (Fsp3) is 0.364. The van der Waals surface area contributed by atoms with Crippen LogP contribution in [0.4, 0.5) is 0 Å². The zero-order chi connectivity index (χ0) is 7.68. The molecule has 0 radical (unpaired) electrons. The zero-order valence-electron chi connectivity index (χ0n) is 7.05. The molecule has 1 atom stereocenters. The minimum absolute atomic E-state index is 0. The van der Waals surface area contributed by atoms with Gasteiger partial charge in [0.15, 0.2) is 0 Å². The monoisotopic (exact) mass is 328 g/mol. The third-order valence-electron chi connectivity index (χ3n) is 2.39. The average Bonchev–Trinajstić information content (AvgIpc) is 2.06. The molecule has 0 bridgehead atoms. The number of fused-ring (bicyclic) bond motifs is 1. The maximum Gasteiger partial charge on any atom is 2.00 e. The van der Waals surface area contributed by atoms with Crippen LogP contribution in [0.25, 0.3) is 0 Å². The second kappa shape index (κ2) is 4.23. The van der Waals surface area contributed by atoms with E-state index >= 15 is 0 Å². The van der Waals surface area contributed by atoms with Crippen molar-refractivity contribution in [2.75, 3.05) is 0 Å². The van der Waals surface area contributed by atoms with Gasteiger partial charge in [0.1, 0.15) is 0 Å². The summed E-state index contributed by atoms with van der Waals surface area (Å²) in [6.45, 7) is 4.11. The largest absolute Gasteiger partial charge is 2.00 e. The Kier molecular flexibility index (Phi) is 3.52. The molecule has 0 amide bonds. The summed E-state index contributed by atoms with van der Waals surface area (Å²) >= 11 is 0. The van der Waals surface area contributed by atoms with Crippen molar-refractivity contribution in [2.45, 2.75) is 25.2 Å². The summed E-state index contributed by atoms with van der Waals surface area (Å²) in [6, 6.07) is 9.53. The molecule has 0 fully saturated rings. The molecule has 12 heavy (non-hydrogen) atoms. The molecule has 0 spiro atoms. The van der Waals surface area contributed by atoms with Gasteiger partial charge >= 0.3 is 21.1 Å². The van der Waals surface area contributed by atoms with Crippen LogP contribution in [0.15, 0.2) is 18.2 Å². The van der Waals surface area contributed by atoms with Crippen LogP contribution < -0.4 is 0 Å². The molecule has 2 rings (SSSR count). The quantitative estimate of drug-likeness (QED) is 0.643. The molecule has 0 nitrogen and oxygen atoms in total. The van der Waals surface area contributed by atoms with Crippen molar-refractivity contribution < 1.29 is 21.1 Å². The molecule has 0 aliphatic heterocycles. The van der Waals surface area contributed by atoms with Crippen molar-refractivity contribution in [3.8, 4) is 0 Å². The maximum absolute atomic E-state index is 4.11. The van der Waals surface area contributed by atoms with E-state index in [4.69, 9.17) is 0 Å². The van der Waals surface area contributed by atoms with E-state index in [1.807, 2.05) is 6.07 Å². The van der Waals surface area contributed by atoms with Gasteiger partial charge in [-0.3, -0.25) is 0 Å². The first-order chi connectivity index (χ1) is 5.38.